The highest BCUT2D eigenvalue weighted by Crippen LogP contribution is 2.26. The van der Waals surface area contributed by atoms with E-state index < -0.39 is 47.6 Å². The summed E-state index contributed by atoms with van der Waals surface area (Å²) in [5.41, 5.74) is -0.842. The van der Waals surface area contributed by atoms with E-state index in [0.717, 1.165) is 128 Å². The molecule has 15 heteroatoms. The molecule has 412 valence electrons. The molecule has 0 radical (unpaired) electrons. The van der Waals surface area contributed by atoms with Crippen LogP contribution in [-0.2, 0) is 61.9 Å². The molecule has 0 spiro atoms. The molecular weight excluding hydrogens is 911 g/mol. The van der Waals surface area contributed by atoms with Crippen molar-refractivity contribution in [3.8, 4) is 0 Å². The average Bonchev–Trinajstić information content (AvgIpc) is 3.73. The summed E-state index contributed by atoms with van der Waals surface area (Å²) in [6.07, 6.45) is 23.8. The molecule has 0 aromatic heterocycles. The van der Waals surface area contributed by atoms with Gasteiger partial charge in [-0.1, -0.05) is 156 Å². The van der Waals surface area contributed by atoms with Crippen molar-refractivity contribution in [3.05, 3.63) is 0 Å². The third-order valence-electron chi connectivity index (χ3n) is 12.5. The Morgan fingerprint density at radius 1 is 0.437 bits per heavy atom. The molecule has 0 N–H and O–H groups in total. The number of likely N-dealkylation sites (tertiary alicyclic amines) is 1. The molecule has 0 bridgehead atoms. The molecule has 0 saturated carbocycles. The summed E-state index contributed by atoms with van der Waals surface area (Å²) >= 11 is 0. The molecule has 0 aromatic carbocycles. The van der Waals surface area contributed by atoms with Crippen LogP contribution in [0.5, 0.6) is 0 Å². The molecule has 15 nitrogen and oxygen atoms in total. The number of ether oxygens (including phenoxy) is 7. The minimum atomic E-state index is -0.842. The first-order valence-corrected chi connectivity index (χ1v) is 28.1. The number of carbonyl (C=O) groups is 7. The van der Waals surface area contributed by atoms with Crippen LogP contribution >= 0.6 is 0 Å². The van der Waals surface area contributed by atoms with E-state index in [0.29, 0.717) is 25.7 Å². The quantitative estimate of drug-likeness (QED) is 0.0319. The lowest BCUT2D eigenvalue weighted by atomic mass is 10.1. The minimum absolute atomic E-state index is 0.0280. The predicted molar refractivity (Wildman–Crippen MR) is 274 cm³/mol. The third kappa shape index (κ3) is 36.6. The van der Waals surface area contributed by atoms with Crippen LogP contribution in [-0.4, -0.2) is 104 Å². The van der Waals surface area contributed by atoms with Crippen molar-refractivity contribution in [1.82, 2.24) is 4.90 Å². The van der Waals surface area contributed by atoms with Crippen LogP contribution in [0.2, 0.25) is 0 Å². The molecule has 0 unspecified atom stereocenters. The van der Waals surface area contributed by atoms with E-state index >= 15 is 0 Å². The molecule has 1 aliphatic heterocycles. The monoisotopic (exact) mass is 1010 g/mol. The van der Waals surface area contributed by atoms with Crippen molar-refractivity contribution in [2.24, 2.45) is 11.8 Å². The number of rotatable bonds is 43. The van der Waals surface area contributed by atoms with Gasteiger partial charge < -0.3 is 33.2 Å². The fraction of sp³-hybridized carbons (Fsp3) is 0.875. The van der Waals surface area contributed by atoms with Crippen LogP contribution in [0.15, 0.2) is 0 Å². The second kappa shape index (κ2) is 41.6. The summed E-state index contributed by atoms with van der Waals surface area (Å²) in [4.78, 5) is 92.5. The topological polar surface area (TPSA) is 187 Å². The maximum atomic E-state index is 13.5. The van der Waals surface area contributed by atoms with Crippen LogP contribution in [0.4, 0.5) is 4.79 Å². The van der Waals surface area contributed by atoms with Gasteiger partial charge in [-0.3, -0.25) is 33.7 Å². The highest BCUT2D eigenvalue weighted by Gasteiger charge is 2.40. The van der Waals surface area contributed by atoms with Crippen LogP contribution < -0.4 is 0 Å². The van der Waals surface area contributed by atoms with Gasteiger partial charge in [0.1, 0.15) is 18.3 Å². The zero-order chi connectivity index (χ0) is 52.5. The number of amides is 1. The second-order valence-electron chi connectivity index (χ2n) is 20.8. The number of esters is 6. The summed E-state index contributed by atoms with van der Waals surface area (Å²) in [6.45, 7) is 13.0. The van der Waals surface area contributed by atoms with Gasteiger partial charge in [0.05, 0.1) is 51.9 Å². The van der Waals surface area contributed by atoms with Gasteiger partial charge in [-0.2, -0.15) is 0 Å². The Kier molecular flexibility index (Phi) is 38.1. The zero-order valence-electron chi connectivity index (χ0n) is 45.6. The van der Waals surface area contributed by atoms with Gasteiger partial charge in [0.25, 0.3) is 0 Å². The fourth-order valence-electron chi connectivity index (χ4n) is 8.28. The van der Waals surface area contributed by atoms with Crippen molar-refractivity contribution in [1.29, 1.82) is 0 Å². The summed E-state index contributed by atoms with van der Waals surface area (Å²) in [6, 6.07) is -0.711. The summed E-state index contributed by atoms with van der Waals surface area (Å²) in [7, 11) is 0. The Labute approximate surface area is 428 Å². The van der Waals surface area contributed by atoms with Gasteiger partial charge in [-0.25, -0.2) is 4.79 Å². The first-order valence-electron chi connectivity index (χ1n) is 28.1. The summed E-state index contributed by atoms with van der Waals surface area (Å²) < 4.78 is 39.6. The number of hydrogen-bond donors (Lipinski definition) is 0. The lowest BCUT2D eigenvalue weighted by molar-refractivity contribution is -0.157. The lowest BCUT2D eigenvalue weighted by Crippen LogP contribution is -2.42. The smallest absolute Gasteiger partial charge is 0.410 e. The van der Waals surface area contributed by atoms with Gasteiger partial charge >= 0.3 is 41.9 Å². The third-order valence-corrected chi connectivity index (χ3v) is 12.5. The zero-order valence-corrected chi connectivity index (χ0v) is 45.6. The molecule has 1 saturated heterocycles. The maximum Gasteiger partial charge on any atom is 0.410 e. The van der Waals surface area contributed by atoms with E-state index in [-0.39, 0.29) is 108 Å². The Balaban J connectivity index is 3.00. The molecule has 1 aliphatic rings. The number of unbranched alkanes of at least 4 members (excludes halogenated alkanes) is 20. The van der Waals surface area contributed by atoms with Crippen molar-refractivity contribution in [3.63, 3.8) is 0 Å². The molecule has 1 amide bonds. The first kappa shape index (κ1) is 65.1. The Morgan fingerprint density at radius 2 is 0.761 bits per heavy atom. The Morgan fingerprint density at radius 3 is 1.10 bits per heavy atom. The highest BCUT2D eigenvalue weighted by molar-refractivity contribution is 5.73. The van der Waals surface area contributed by atoms with E-state index in [1.165, 1.54) is 4.90 Å². The van der Waals surface area contributed by atoms with E-state index in [9.17, 15) is 33.6 Å². The normalized spacial score (nSPS) is 14.6. The second-order valence-corrected chi connectivity index (χ2v) is 20.8. The predicted octanol–water partition coefficient (Wildman–Crippen LogP) is 12.6. The standard InChI is InChI=1S/C56H99NO14/c1-8-12-16-20-24-28-32-49(58)65-40-45(41-66-50(59)33-29-25-21-17-13-9-2)36-53(62)69-44-47-38-48(39-57(47)55(64)71-56(5,6)7)70-54(63)37-46(42-67-51(60)34-30-26-22-18-14-10-3)43-68-52(61)35-31-27-23-19-15-11-4/h45-48H,8-44H2,1-7H3/t47-,48-/m0/s1. The van der Waals surface area contributed by atoms with Crippen LogP contribution in [0.1, 0.15) is 248 Å². The molecule has 0 aliphatic carbocycles. The molecule has 2 atom stereocenters. The first-order chi connectivity index (χ1) is 34.1. The molecule has 1 fully saturated rings. The summed E-state index contributed by atoms with van der Waals surface area (Å²) in [5, 5.41) is 0. The van der Waals surface area contributed by atoms with E-state index in [2.05, 4.69) is 27.7 Å². The fourth-order valence-corrected chi connectivity index (χ4v) is 8.28. The molecule has 0 aromatic rings. The average molecular weight is 1010 g/mol. The van der Waals surface area contributed by atoms with Crippen molar-refractivity contribution >= 4 is 41.9 Å². The number of nitrogens with zero attached hydrogens (tertiary/aromatic N) is 1. The maximum absolute atomic E-state index is 13.5. The van der Waals surface area contributed by atoms with Crippen molar-refractivity contribution < 1.29 is 66.7 Å². The van der Waals surface area contributed by atoms with Gasteiger partial charge in [0.2, 0.25) is 0 Å². The minimum Gasteiger partial charge on any atom is -0.465 e. The van der Waals surface area contributed by atoms with Crippen molar-refractivity contribution in [2.45, 2.75) is 265 Å². The van der Waals surface area contributed by atoms with Crippen LogP contribution in [0.25, 0.3) is 0 Å². The van der Waals surface area contributed by atoms with Gasteiger partial charge in [0, 0.05) is 43.9 Å². The van der Waals surface area contributed by atoms with E-state index in [4.69, 9.17) is 33.2 Å². The van der Waals surface area contributed by atoms with Gasteiger partial charge in [-0.15, -0.1) is 0 Å². The molecular formula is C56H99NO14. The largest absolute Gasteiger partial charge is 0.465 e. The van der Waals surface area contributed by atoms with Gasteiger partial charge in [0.15, 0.2) is 0 Å². The Hall–Kier alpha value is -3.91. The van der Waals surface area contributed by atoms with Crippen LogP contribution in [0.3, 0.4) is 0 Å². The van der Waals surface area contributed by atoms with E-state index in [1.807, 2.05) is 0 Å². The Bertz CT molecular complexity index is 1400. The van der Waals surface area contributed by atoms with E-state index in [1.54, 1.807) is 20.8 Å². The summed E-state index contributed by atoms with van der Waals surface area (Å²) in [5.74, 6) is -4.07. The highest BCUT2D eigenvalue weighted by atomic mass is 16.6. The molecule has 71 heavy (non-hydrogen) atoms. The number of hydrogen-bond acceptors (Lipinski definition) is 14. The molecule has 1 rings (SSSR count). The molecule has 1 heterocycles. The SMILES string of the molecule is CCCCCCCCC(=O)OCC(COC(=O)CCCCCCCC)CC(=O)OC[C@@H]1C[C@H](OC(=O)CC(COC(=O)CCCCCCCC)COC(=O)CCCCCCCC)CN1C(=O)OC(C)(C)C. The lowest BCUT2D eigenvalue weighted by Gasteiger charge is -2.28. The number of carbonyl (C=O) groups excluding carboxylic acids is 7. The van der Waals surface area contributed by atoms with Gasteiger partial charge in [-0.05, 0) is 46.5 Å². The van der Waals surface area contributed by atoms with Crippen molar-refractivity contribution in [2.75, 3.05) is 39.6 Å². The van der Waals surface area contributed by atoms with Crippen LogP contribution in [0, 0.1) is 11.8 Å².